The van der Waals surface area contributed by atoms with Crippen LogP contribution in [0, 0.1) is 5.92 Å². The van der Waals surface area contributed by atoms with Crippen LogP contribution >= 0.6 is 11.6 Å². The van der Waals surface area contributed by atoms with Crippen molar-refractivity contribution in [1.82, 2.24) is 4.90 Å². The molecule has 0 radical (unpaired) electrons. The Labute approximate surface area is 118 Å². The van der Waals surface area contributed by atoms with E-state index in [9.17, 15) is 9.90 Å². The maximum Gasteiger partial charge on any atom is 0.246 e. The van der Waals surface area contributed by atoms with E-state index in [1.807, 2.05) is 18.2 Å². The summed E-state index contributed by atoms with van der Waals surface area (Å²) in [4.78, 5) is 13.9. The van der Waals surface area contributed by atoms with E-state index in [1.54, 1.807) is 23.1 Å². The highest BCUT2D eigenvalue weighted by molar-refractivity contribution is 6.30. The maximum absolute atomic E-state index is 12.1. The summed E-state index contributed by atoms with van der Waals surface area (Å²) in [6, 6.07) is 7.29. The van der Waals surface area contributed by atoms with Gasteiger partial charge in [0.05, 0.1) is 12.6 Å². The van der Waals surface area contributed by atoms with Gasteiger partial charge >= 0.3 is 0 Å². The third kappa shape index (κ3) is 3.37. The molecule has 1 aromatic rings. The first-order chi connectivity index (χ1) is 9.11. The smallest absolute Gasteiger partial charge is 0.246 e. The van der Waals surface area contributed by atoms with Crippen molar-refractivity contribution in [3.8, 4) is 0 Å². The Morgan fingerprint density at radius 2 is 2.37 bits per heavy atom. The van der Waals surface area contributed by atoms with Gasteiger partial charge in [-0.05, 0) is 36.1 Å². The van der Waals surface area contributed by atoms with Gasteiger partial charge in [0, 0.05) is 17.6 Å². The fourth-order valence-corrected chi connectivity index (χ4v) is 2.63. The molecule has 0 aliphatic carbocycles. The monoisotopic (exact) mass is 279 g/mol. The van der Waals surface area contributed by atoms with Crippen molar-refractivity contribution in [2.45, 2.75) is 19.4 Å². The van der Waals surface area contributed by atoms with Crippen LogP contribution in [0.25, 0.3) is 6.08 Å². The SMILES string of the molecule is CC1CCN(C(=O)/C=C/c2cccc(Cl)c2)C1CO. The average Bonchev–Trinajstić information content (AvgIpc) is 2.77. The molecule has 2 atom stereocenters. The molecule has 1 fully saturated rings. The first-order valence-corrected chi connectivity index (χ1v) is 6.84. The standard InChI is InChI=1S/C15H18ClNO2/c1-11-7-8-17(14(11)10-18)15(19)6-5-12-3-2-4-13(16)9-12/h2-6,9,11,14,18H,7-8,10H2,1H3/b6-5+. The van der Waals surface area contributed by atoms with Gasteiger partial charge in [-0.2, -0.15) is 0 Å². The molecule has 102 valence electrons. The maximum atomic E-state index is 12.1. The second kappa shape index (κ2) is 6.22. The largest absolute Gasteiger partial charge is 0.394 e. The summed E-state index contributed by atoms with van der Waals surface area (Å²) in [7, 11) is 0. The van der Waals surface area contributed by atoms with Gasteiger partial charge in [-0.3, -0.25) is 4.79 Å². The lowest BCUT2D eigenvalue weighted by Crippen LogP contribution is -2.38. The van der Waals surface area contributed by atoms with Gasteiger partial charge < -0.3 is 10.0 Å². The van der Waals surface area contributed by atoms with Crippen molar-refractivity contribution in [2.75, 3.05) is 13.2 Å². The number of halogens is 1. The van der Waals surface area contributed by atoms with E-state index in [1.165, 1.54) is 0 Å². The number of nitrogens with zero attached hydrogens (tertiary/aromatic N) is 1. The molecule has 4 heteroatoms. The van der Waals surface area contributed by atoms with Crippen LogP contribution in [0.5, 0.6) is 0 Å². The molecule has 1 amide bonds. The van der Waals surface area contributed by atoms with Gasteiger partial charge in [0.15, 0.2) is 0 Å². The van der Waals surface area contributed by atoms with Crippen LogP contribution in [-0.2, 0) is 4.79 Å². The molecule has 0 spiro atoms. The van der Waals surface area contributed by atoms with E-state index in [-0.39, 0.29) is 18.6 Å². The quantitative estimate of drug-likeness (QED) is 0.864. The number of aliphatic hydroxyl groups excluding tert-OH is 1. The molecule has 1 N–H and O–H groups in total. The molecule has 2 unspecified atom stereocenters. The van der Waals surface area contributed by atoms with Crippen LogP contribution < -0.4 is 0 Å². The highest BCUT2D eigenvalue weighted by Gasteiger charge is 2.32. The molecule has 0 bridgehead atoms. The highest BCUT2D eigenvalue weighted by atomic mass is 35.5. The Balaban J connectivity index is 2.05. The van der Waals surface area contributed by atoms with Gasteiger partial charge in [0.25, 0.3) is 0 Å². The summed E-state index contributed by atoms with van der Waals surface area (Å²) in [6.07, 6.45) is 4.25. The third-order valence-electron chi connectivity index (χ3n) is 3.62. The molecule has 2 rings (SSSR count). The van der Waals surface area contributed by atoms with Crippen molar-refractivity contribution in [2.24, 2.45) is 5.92 Å². The number of benzene rings is 1. The minimum atomic E-state index is -0.0588. The van der Waals surface area contributed by atoms with Crippen molar-refractivity contribution >= 4 is 23.6 Å². The fourth-order valence-electron chi connectivity index (χ4n) is 2.43. The van der Waals surface area contributed by atoms with Crippen molar-refractivity contribution in [3.63, 3.8) is 0 Å². The predicted octanol–water partition coefficient (Wildman–Crippen LogP) is 2.58. The van der Waals surface area contributed by atoms with Gasteiger partial charge in [-0.1, -0.05) is 30.7 Å². The van der Waals surface area contributed by atoms with Crippen LogP contribution in [0.15, 0.2) is 30.3 Å². The number of likely N-dealkylation sites (tertiary alicyclic amines) is 1. The van der Waals surface area contributed by atoms with E-state index in [4.69, 9.17) is 11.6 Å². The first kappa shape index (κ1) is 14.1. The number of amides is 1. The molecule has 0 saturated carbocycles. The molecular formula is C15H18ClNO2. The molecule has 1 aliphatic heterocycles. The Bertz CT molecular complexity index is 487. The average molecular weight is 280 g/mol. The van der Waals surface area contributed by atoms with Crippen LogP contribution in [0.2, 0.25) is 5.02 Å². The Morgan fingerprint density at radius 1 is 1.58 bits per heavy atom. The summed E-state index contributed by atoms with van der Waals surface area (Å²) in [5.41, 5.74) is 0.897. The lowest BCUT2D eigenvalue weighted by molar-refractivity contribution is -0.127. The number of aliphatic hydroxyl groups is 1. The molecule has 19 heavy (non-hydrogen) atoms. The van der Waals surface area contributed by atoms with Crippen molar-refractivity contribution in [1.29, 1.82) is 0 Å². The zero-order chi connectivity index (χ0) is 13.8. The third-order valence-corrected chi connectivity index (χ3v) is 3.85. The molecule has 1 aliphatic rings. The number of hydrogen-bond acceptors (Lipinski definition) is 2. The molecule has 3 nitrogen and oxygen atoms in total. The van der Waals surface area contributed by atoms with E-state index in [0.29, 0.717) is 17.5 Å². The predicted molar refractivity (Wildman–Crippen MR) is 76.9 cm³/mol. The minimum absolute atomic E-state index is 0.0257. The molecular weight excluding hydrogens is 262 g/mol. The number of rotatable bonds is 3. The topological polar surface area (TPSA) is 40.5 Å². The van der Waals surface area contributed by atoms with E-state index < -0.39 is 0 Å². The van der Waals surface area contributed by atoms with Crippen LogP contribution in [0.4, 0.5) is 0 Å². The summed E-state index contributed by atoms with van der Waals surface area (Å²) in [5, 5.41) is 9.99. The van der Waals surface area contributed by atoms with Crippen LogP contribution in [0.1, 0.15) is 18.9 Å². The van der Waals surface area contributed by atoms with Gasteiger partial charge in [-0.25, -0.2) is 0 Å². The van der Waals surface area contributed by atoms with E-state index in [2.05, 4.69) is 6.92 Å². The minimum Gasteiger partial charge on any atom is -0.394 e. The number of carbonyl (C=O) groups is 1. The Hall–Kier alpha value is -1.32. The van der Waals surface area contributed by atoms with E-state index >= 15 is 0 Å². The summed E-state index contributed by atoms with van der Waals surface area (Å²) >= 11 is 5.89. The molecule has 1 heterocycles. The fraction of sp³-hybridized carbons (Fsp3) is 0.400. The lowest BCUT2D eigenvalue weighted by atomic mass is 10.0. The van der Waals surface area contributed by atoms with Crippen molar-refractivity contribution < 1.29 is 9.90 Å². The zero-order valence-corrected chi connectivity index (χ0v) is 11.7. The van der Waals surface area contributed by atoms with Gasteiger partial charge in [0.2, 0.25) is 5.91 Å². The summed E-state index contributed by atoms with van der Waals surface area (Å²) in [5.74, 6) is 0.303. The van der Waals surface area contributed by atoms with E-state index in [0.717, 1.165) is 12.0 Å². The zero-order valence-electron chi connectivity index (χ0n) is 10.9. The normalized spacial score (nSPS) is 23.2. The summed E-state index contributed by atoms with van der Waals surface area (Å²) in [6.45, 7) is 2.80. The van der Waals surface area contributed by atoms with Crippen LogP contribution in [0.3, 0.4) is 0 Å². The highest BCUT2D eigenvalue weighted by Crippen LogP contribution is 2.23. The Kier molecular flexibility index (Phi) is 4.61. The lowest BCUT2D eigenvalue weighted by Gasteiger charge is -2.23. The second-order valence-corrected chi connectivity index (χ2v) is 5.37. The van der Waals surface area contributed by atoms with Crippen molar-refractivity contribution in [3.05, 3.63) is 40.9 Å². The summed E-state index contributed by atoms with van der Waals surface area (Å²) < 4.78 is 0. The Morgan fingerprint density at radius 3 is 3.05 bits per heavy atom. The second-order valence-electron chi connectivity index (χ2n) is 4.94. The van der Waals surface area contributed by atoms with Gasteiger partial charge in [0.1, 0.15) is 0 Å². The molecule has 1 saturated heterocycles. The van der Waals surface area contributed by atoms with Crippen LogP contribution in [-0.4, -0.2) is 35.1 Å². The number of hydrogen-bond donors (Lipinski definition) is 1. The molecule has 0 aromatic heterocycles. The number of carbonyl (C=O) groups excluding carboxylic acids is 1. The van der Waals surface area contributed by atoms with Gasteiger partial charge in [-0.15, -0.1) is 0 Å². The molecule has 1 aromatic carbocycles. The first-order valence-electron chi connectivity index (χ1n) is 6.47.